The first-order chi connectivity index (χ1) is 11.1. The summed E-state index contributed by atoms with van der Waals surface area (Å²) in [4.78, 5) is 43.8. The van der Waals surface area contributed by atoms with Crippen LogP contribution in [0.3, 0.4) is 0 Å². The van der Waals surface area contributed by atoms with Crippen LogP contribution < -0.4 is 10.6 Å². The number of carboxylic acids is 2. The Labute approximate surface area is 152 Å². The molecule has 0 aromatic heterocycles. The number of hydrogen-bond acceptors (Lipinski definition) is 7. The van der Waals surface area contributed by atoms with Gasteiger partial charge in [0.05, 0.1) is 0 Å². The van der Waals surface area contributed by atoms with E-state index in [1.807, 2.05) is 6.92 Å². The highest BCUT2D eigenvalue weighted by molar-refractivity contribution is 8.76. The smallest absolute Gasteiger partial charge is 0.327 e. The molecule has 0 radical (unpaired) electrons. The number of carbonyl (C=O) groups is 4. The van der Waals surface area contributed by atoms with Crippen LogP contribution in [0.1, 0.15) is 20.8 Å². The standard InChI is InChI=1S/C13H22N2O6S3/c1-7(22-5-10(12(18)19)14-8(2)16)4-23-24-6-11(13(20)21)15-9(3)17/h7,10-11H,4-6H2,1-3H3,(H,14,16)(H,15,17)(H,18,19)(H,20,21). The normalized spacial score (nSPS) is 14.3. The second-order valence-corrected chi connectivity index (χ2v) is 8.92. The van der Waals surface area contributed by atoms with Crippen LogP contribution in [0.5, 0.6) is 0 Å². The minimum absolute atomic E-state index is 0.127. The third-order valence-corrected chi connectivity index (χ3v) is 6.58. The van der Waals surface area contributed by atoms with E-state index in [4.69, 9.17) is 10.2 Å². The fourth-order valence-electron chi connectivity index (χ4n) is 1.41. The molecule has 0 aliphatic rings. The summed E-state index contributed by atoms with van der Waals surface area (Å²) in [5.74, 6) is -1.78. The van der Waals surface area contributed by atoms with Gasteiger partial charge in [-0.2, -0.15) is 11.8 Å². The van der Waals surface area contributed by atoms with Crippen LogP contribution >= 0.6 is 33.3 Å². The predicted molar refractivity (Wildman–Crippen MR) is 97.3 cm³/mol. The van der Waals surface area contributed by atoms with Crippen LogP contribution in [0.2, 0.25) is 0 Å². The molecule has 138 valence electrons. The molecule has 0 aliphatic heterocycles. The highest BCUT2D eigenvalue weighted by atomic mass is 33.1. The second-order valence-electron chi connectivity index (χ2n) is 4.90. The third kappa shape index (κ3) is 11.5. The SMILES string of the molecule is CC(=O)NC(CSSCC(C)SCC(NC(C)=O)C(=O)O)C(=O)O. The van der Waals surface area contributed by atoms with Gasteiger partial charge in [-0.25, -0.2) is 9.59 Å². The lowest BCUT2D eigenvalue weighted by atomic mass is 10.3. The lowest BCUT2D eigenvalue weighted by molar-refractivity contribution is -0.141. The Balaban J connectivity index is 4.06. The molecular formula is C13H22N2O6S3. The Morgan fingerprint density at radius 2 is 1.25 bits per heavy atom. The number of carbonyl (C=O) groups excluding carboxylic acids is 2. The lowest BCUT2D eigenvalue weighted by Crippen LogP contribution is -2.41. The second kappa shape index (κ2) is 12.3. The molecule has 0 aromatic rings. The molecule has 4 N–H and O–H groups in total. The van der Waals surface area contributed by atoms with Crippen molar-refractivity contribution in [3.63, 3.8) is 0 Å². The van der Waals surface area contributed by atoms with Gasteiger partial charge < -0.3 is 20.8 Å². The Hall–Kier alpha value is -1.07. The van der Waals surface area contributed by atoms with E-state index in [0.717, 1.165) is 0 Å². The van der Waals surface area contributed by atoms with Gasteiger partial charge in [-0.15, -0.1) is 0 Å². The lowest BCUT2D eigenvalue weighted by Gasteiger charge is -2.16. The summed E-state index contributed by atoms with van der Waals surface area (Å²) in [6.45, 7) is 4.46. The van der Waals surface area contributed by atoms with Gasteiger partial charge in [0.2, 0.25) is 11.8 Å². The van der Waals surface area contributed by atoms with Gasteiger partial charge in [0.15, 0.2) is 0 Å². The summed E-state index contributed by atoms with van der Waals surface area (Å²) in [7, 11) is 2.79. The molecule has 0 rings (SSSR count). The highest BCUT2D eigenvalue weighted by Gasteiger charge is 2.20. The summed E-state index contributed by atoms with van der Waals surface area (Å²) < 4.78 is 0. The summed E-state index contributed by atoms with van der Waals surface area (Å²) in [5, 5.41) is 22.8. The van der Waals surface area contributed by atoms with E-state index in [2.05, 4.69) is 10.6 Å². The zero-order valence-corrected chi connectivity index (χ0v) is 16.1. The Bertz CT molecular complexity index is 463. The zero-order chi connectivity index (χ0) is 18.7. The Morgan fingerprint density at radius 3 is 1.67 bits per heavy atom. The van der Waals surface area contributed by atoms with E-state index in [0.29, 0.717) is 5.75 Å². The molecule has 0 saturated heterocycles. The molecule has 0 heterocycles. The molecule has 0 aromatic carbocycles. The van der Waals surface area contributed by atoms with E-state index < -0.39 is 35.8 Å². The molecule has 0 fully saturated rings. The third-order valence-electron chi connectivity index (χ3n) is 2.52. The number of nitrogens with one attached hydrogen (secondary N) is 2. The van der Waals surface area contributed by atoms with E-state index in [1.165, 1.54) is 47.2 Å². The van der Waals surface area contributed by atoms with Gasteiger partial charge in [-0.3, -0.25) is 9.59 Å². The molecule has 2 amide bonds. The van der Waals surface area contributed by atoms with Crippen molar-refractivity contribution >= 4 is 57.1 Å². The fourth-order valence-corrected chi connectivity index (χ4v) is 5.35. The minimum atomic E-state index is -1.08. The van der Waals surface area contributed by atoms with Crippen molar-refractivity contribution in [3.8, 4) is 0 Å². The number of aliphatic carboxylic acids is 2. The highest BCUT2D eigenvalue weighted by Crippen LogP contribution is 2.27. The van der Waals surface area contributed by atoms with Gasteiger partial charge in [0.25, 0.3) is 0 Å². The van der Waals surface area contributed by atoms with Crippen LogP contribution in [0.25, 0.3) is 0 Å². The van der Waals surface area contributed by atoms with Gasteiger partial charge in [0.1, 0.15) is 12.1 Å². The summed E-state index contributed by atoms with van der Waals surface area (Å²) in [6.07, 6.45) is 0. The molecular weight excluding hydrogens is 376 g/mol. The number of rotatable bonds is 12. The molecule has 0 spiro atoms. The van der Waals surface area contributed by atoms with Crippen molar-refractivity contribution in [1.82, 2.24) is 10.6 Å². The first-order valence-corrected chi connectivity index (χ1v) is 10.5. The van der Waals surface area contributed by atoms with Crippen LogP contribution in [0.4, 0.5) is 0 Å². The topological polar surface area (TPSA) is 133 Å². The van der Waals surface area contributed by atoms with E-state index in [-0.39, 0.29) is 16.8 Å². The summed E-state index contributed by atoms with van der Waals surface area (Å²) in [6, 6.07) is -1.86. The fraction of sp³-hybridized carbons (Fsp3) is 0.692. The summed E-state index contributed by atoms with van der Waals surface area (Å²) in [5.41, 5.74) is 0. The van der Waals surface area contributed by atoms with Crippen molar-refractivity contribution in [2.45, 2.75) is 38.1 Å². The average molecular weight is 399 g/mol. The Kier molecular flexibility index (Phi) is 11.8. The number of amides is 2. The molecule has 3 unspecified atom stereocenters. The largest absolute Gasteiger partial charge is 0.480 e. The molecule has 0 aliphatic carbocycles. The van der Waals surface area contributed by atoms with Crippen LogP contribution in [-0.2, 0) is 19.2 Å². The molecule has 0 saturated carbocycles. The maximum absolute atomic E-state index is 11.0. The average Bonchev–Trinajstić information content (AvgIpc) is 2.45. The van der Waals surface area contributed by atoms with E-state index >= 15 is 0 Å². The quantitative estimate of drug-likeness (QED) is 0.276. The molecule has 24 heavy (non-hydrogen) atoms. The number of hydrogen-bond donors (Lipinski definition) is 4. The predicted octanol–water partition coefficient (Wildman–Crippen LogP) is 0.668. The number of carboxylic acid groups (broad SMARTS) is 2. The van der Waals surface area contributed by atoms with Gasteiger partial charge >= 0.3 is 11.9 Å². The van der Waals surface area contributed by atoms with Crippen molar-refractivity contribution in [2.75, 3.05) is 17.3 Å². The van der Waals surface area contributed by atoms with Crippen molar-refractivity contribution in [3.05, 3.63) is 0 Å². The van der Waals surface area contributed by atoms with E-state index in [1.54, 1.807) is 0 Å². The van der Waals surface area contributed by atoms with Crippen LogP contribution in [-0.4, -0.2) is 68.6 Å². The number of thioether (sulfide) groups is 1. The van der Waals surface area contributed by atoms with Crippen molar-refractivity contribution in [2.24, 2.45) is 0 Å². The van der Waals surface area contributed by atoms with Gasteiger partial charge in [-0.05, 0) is 0 Å². The molecule has 3 atom stereocenters. The first-order valence-electron chi connectivity index (χ1n) is 6.99. The summed E-state index contributed by atoms with van der Waals surface area (Å²) >= 11 is 1.41. The minimum Gasteiger partial charge on any atom is -0.480 e. The maximum Gasteiger partial charge on any atom is 0.327 e. The maximum atomic E-state index is 11.0. The van der Waals surface area contributed by atoms with Gasteiger partial charge in [-0.1, -0.05) is 28.5 Å². The molecule has 0 bridgehead atoms. The Morgan fingerprint density at radius 1 is 0.833 bits per heavy atom. The molecule has 8 nitrogen and oxygen atoms in total. The van der Waals surface area contributed by atoms with Gasteiger partial charge in [0, 0.05) is 36.4 Å². The van der Waals surface area contributed by atoms with Crippen molar-refractivity contribution < 1.29 is 29.4 Å². The monoisotopic (exact) mass is 398 g/mol. The van der Waals surface area contributed by atoms with Crippen LogP contribution in [0.15, 0.2) is 0 Å². The molecule has 11 heteroatoms. The first kappa shape index (κ1) is 22.9. The van der Waals surface area contributed by atoms with E-state index in [9.17, 15) is 19.2 Å². The zero-order valence-electron chi connectivity index (χ0n) is 13.6. The van der Waals surface area contributed by atoms with Crippen molar-refractivity contribution in [1.29, 1.82) is 0 Å². The van der Waals surface area contributed by atoms with Crippen LogP contribution in [0, 0.1) is 0 Å².